The summed E-state index contributed by atoms with van der Waals surface area (Å²) < 4.78 is 5.34. The molecule has 0 aliphatic carbocycles. The van der Waals surface area contributed by atoms with Gasteiger partial charge < -0.3 is 4.74 Å². The average Bonchev–Trinajstić information content (AvgIpc) is 1.88. The number of nitrogens with zero attached hydrogens (tertiary/aromatic N) is 1. The zero-order valence-corrected chi connectivity index (χ0v) is 6.76. The van der Waals surface area contributed by atoms with Gasteiger partial charge in [-0.2, -0.15) is 0 Å². The molecular weight excluding hydrogens is 126 g/mol. The van der Waals surface area contributed by atoms with Crippen LogP contribution in [0.4, 0.5) is 0 Å². The van der Waals surface area contributed by atoms with Gasteiger partial charge in [0.15, 0.2) is 5.90 Å². The van der Waals surface area contributed by atoms with Crippen molar-refractivity contribution in [1.29, 1.82) is 0 Å². The van der Waals surface area contributed by atoms with Crippen molar-refractivity contribution in [3.8, 4) is 0 Å². The summed E-state index contributed by atoms with van der Waals surface area (Å²) >= 11 is 0. The quantitative estimate of drug-likeness (QED) is 0.575. The summed E-state index contributed by atoms with van der Waals surface area (Å²) in [4.78, 5) is 4.26. The van der Waals surface area contributed by atoms with Crippen LogP contribution in [-0.4, -0.2) is 19.0 Å². The molecule has 0 N–H and O–H groups in total. The first-order valence-corrected chi connectivity index (χ1v) is 3.95. The third-order valence-corrected chi connectivity index (χ3v) is 1.44. The molecule has 0 radical (unpaired) electrons. The molecule has 0 amide bonds. The van der Waals surface area contributed by atoms with Crippen molar-refractivity contribution in [2.24, 2.45) is 10.9 Å². The van der Waals surface area contributed by atoms with E-state index < -0.39 is 0 Å². The number of rotatable bonds is 2. The Morgan fingerprint density at radius 2 is 2.40 bits per heavy atom. The Labute approximate surface area is 62.3 Å². The highest BCUT2D eigenvalue weighted by Crippen LogP contribution is 2.06. The second kappa shape index (κ2) is 3.59. The van der Waals surface area contributed by atoms with E-state index in [1.54, 1.807) is 0 Å². The van der Waals surface area contributed by atoms with Gasteiger partial charge in [0.2, 0.25) is 0 Å². The molecule has 0 spiro atoms. The van der Waals surface area contributed by atoms with Crippen LogP contribution in [0.5, 0.6) is 0 Å². The number of ether oxygens (including phenoxy) is 1. The zero-order chi connectivity index (χ0) is 7.40. The monoisotopic (exact) mass is 141 g/mol. The largest absolute Gasteiger partial charge is 0.481 e. The minimum absolute atomic E-state index is 0.664. The number of aliphatic imine (C=N–C) groups is 1. The molecule has 2 nitrogen and oxygen atoms in total. The Kier molecular flexibility index (Phi) is 2.72. The highest BCUT2D eigenvalue weighted by molar-refractivity contribution is 5.76. The lowest BCUT2D eigenvalue weighted by Crippen LogP contribution is -2.15. The predicted octanol–water partition coefficient (Wildman–Crippen LogP) is 1.85. The highest BCUT2D eigenvalue weighted by Gasteiger charge is 2.06. The summed E-state index contributed by atoms with van der Waals surface area (Å²) in [6, 6.07) is 0. The van der Waals surface area contributed by atoms with Crippen molar-refractivity contribution < 1.29 is 4.74 Å². The molecule has 0 bridgehead atoms. The molecule has 0 saturated heterocycles. The average molecular weight is 141 g/mol. The molecule has 0 aromatic heterocycles. The summed E-state index contributed by atoms with van der Waals surface area (Å²) in [6.07, 6.45) is 2.08. The standard InChI is InChI=1S/C8H15NO/c1-7(2)6-8-9-4-3-5-10-8/h7H,3-6H2,1-2H3. The van der Waals surface area contributed by atoms with E-state index in [1.807, 2.05) is 0 Å². The van der Waals surface area contributed by atoms with Gasteiger partial charge in [0.05, 0.1) is 6.61 Å². The van der Waals surface area contributed by atoms with Gasteiger partial charge in [-0.25, -0.2) is 0 Å². The van der Waals surface area contributed by atoms with Crippen molar-refractivity contribution in [2.75, 3.05) is 13.2 Å². The third kappa shape index (κ3) is 2.38. The van der Waals surface area contributed by atoms with E-state index >= 15 is 0 Å². The first-order chi connectivity index (χ1) is 4.79. The summed E-state index contributed by atoms with van der Waals surface area (Å²) in [5.74, 6) is 1.62. The van der Waals surface area contributed by atoms with Crippen LogP contribution in [0.15, 0.2) is 4.99 Å². The Morgan fingerprint density at radius 1 is 1.60 bits per heavy atom. The predicted molar refractivity (Wildman–Crippen MR) is 42.3 cm³/mol. The summed E-state index contributed by atoms with van der Waals surface area (Å²) in [5.41, 5.74) is 0. The van der Waals surface area contributed by atoms with E-state index in [1.165, 1.54) is 0 Å². The zero-order valence-electron chi connectivity index (χ0n) is 6.76. The van der Waals surface area contributed by atoms with Gasteiger partial charge in [-0.05, 0) is 5.92 Å². The van der Waals surface area contributed by atoms with E-state index in [4.69, 9.17) is 4.74 Å². The van der Waals surface area contributed by atoms with Crippen molar-refractivity contribution in [3.63, 3.8) is 0 Å². The van der Waals surface area contributed by atoms with Gasteiger partial charge in [-0.3, -0.25) is 4.99 Å². The molecule has 0 aromatic carbocycles. The van der Waals surface area contributed by atoms with E-state index in [0.29, 0.717) is 5.92 Å². The van der Waals surface area contributed by atoms with Gasteiger partial charge in [0.25, 0.3) is 0 Å². The van der Waals surface area contributed by atoms with Gasteiger partial charge in [-0.1, -0.05) is 13.8 Å². The molecule has 1 rings (SSSR count). The van der Waals surface area contributed by atoms with E-state index in [-0.39, 0.29) is 0 Å². The fourth-order valence-electron chi connectivity index (χ4n) is 0.977. The summed E-state index contributed by atoms with van der Waals surface area (Å²) in [6.45, 7) is 6.19. The van der Waals surface area contributed by atoms with E-state index in [9.17, 15) is 0 Å². The highest BCUT2D eigenvalue weighted by atomic mass is 16.5. The molecule has 10 heavy (non-hydrogen) atoms. The topological polar surface area (TPSA) is 21.6 Å². The molecule has 1 aliphatic rings. The van der Waals surface area contributed by atoms with Crippen LogP contribution in [0.25, 0.3) is 0 Å². The van der Waals surface area contributed by atoms with E-state index in [0.717, 1.165) is 31.9 Å². The number of hydrogen-bond acceptors (Lipinski definition) is 2. The van der Waals surface area contributed by atoms with Crippen LogP contribution in [0.1, 0.15) is 26.7 Å². The smallest absolute Gasteiger partial charge is 0.183 e. The van der Waals surface area contributed by atoms with Crippen LogP contribution in [0, 0.1) is 5.92 Å². The summed E-state index contributed by atoms with van der Waals surface area (Å²) in [5, 5.41) is 0. The van der Waals surface area contributed by atoms with E-state index in [2.05, 4.69) is 18.8 Å². The maximum Gasteiger partial charge on any atom is 0.183 e. The maximum absolute atomic E-state index is 5.34. The summed E-state index contributed by atoms with van der Waals surface area (Å²) in [7, 11) is 0. The molecule has 0 unspecified atom stereocenters. The first-order valence-electron chi connectivity index (χ1n) is 3.95. The third-order valence-electron chi connectivity index (χ3n) is 1.44. The molecule has 1 heterocycles. The Hall–Kier alpha value is -0.530. The second-order valence-electron chi connectivity index (χ2n) is 3.08. The van der Waals surface area contributed by atoms with Crippen LogP contribution < -0.4 is 0 Å². The Balaban J connectivity index is 2.31. The molecule has 1 aliphatic heterocycles. The molecular formula is C8H15NO. The Bertz CT molecular complexity index is 129. The second-order valence-corrected chi connectivity index (χ2v) is 3.08. The minimum Gasteiger partial charge on any atom is -0.481 e. The molecule has 0 aromatic rings. The normalized spacial score (nSPS) is 18.5. The van der Waals surface area contributed by atoms with Crippen LogP contribution in [-0.2, 0) is 4.74 Å². The minimum atomic E-state index is 0.664. The van der Waals surface area contributed by atoms with Crippen LogP contribution in [0.3, 0.4) is 0 Å². The van der Waals surface area contributed by atoms with Crippen molar-refractivity contribution in [2.45, 2.75) is 26.7 Å². The molecule has 2 heteroatoms. The molecule has 0 fully saturated rings. The SMILES string of the molecule is CC(C)CC1=NCCCO1. The molecule has 0 atom stereocenters. The lowest BCUT2D eigenvalue weighted by Gasteiger charge is -2.14. The van der Waals surface area contributed by atoms with Gasteiger partial charge in [-0.15, -0.1) is 0 Å². The van der Waals surface area contributed by atoms with Crippen molar-refractivity contribution in [3.05, 3.63) is 0 Å². The van der Waals surface area contributed by atoms with Crippen LogP contribution >= 0.6 is 0 Å². The molecule has 58 valence electrons. The first kappa shape index (κ1) is 7.58. The van der Waals surface area contributed by atoms with Gasteiger partial charge in [0.1, 0.15) is 0 Å². The van der Waals surface area contributed by atoms with Crippen LogP contribution in [0.2, 0.25) is 0 Å². The lowest BCUT2D eigenvalue weighted by molar-refractivity contribution is 0.269. The Morgan fingerprint density at radius 3 is 2.90 bits per heavy atom. The van der Waals surface area contributed by atoms with Crippen molar-refractivity contribution >= 4 is 5.90 Å². The lowest BCUT2D eigenvalue weighted by atomic mass is 10.1. The van der Waals surface area contributed by atoms with Crippen molar-refractivity contribution in [1.82, 2.24) is 0 Å². The fourth-order valence-corrected chi connectivity index (χ4v) is 0.977. The molecule has 0 saturated carbocycles. The fraction of sp³-hybridized carbons (Fsp3) is 0.875. The number of hydrogen-bond donors (Lipinski definition) is 0. The van der Waals surface area contributed by atoms with Gasteiger partial charge in [0, 0.05) is 19.4 Å². The van der Waals surface area contributed by atoms with Gasteiger partial charge >= 0.3 is 0 Å². The maximum atomic E-state index is 5.34.